The molecule has 530 valence electrons. The molecular formula is C68H86F3N10O16P. The van der Waals surface area contributed by atoms with Crippen LogP contribution in [0.4, 0.5) is 24.8 Å². The zero-order valence-electron chi connectivity index (χ0n) is 56.4. The molecule has 2 heterocycles. The lowest BCUT2D eigenvalue weighted by molar-refractivity contribution is -0.170. The minimum absolute atomic E-state index is 0.0402. The number of hydrogen-bond donors (Lipinski definition) is 4. The van der Waals surface area contributed by atoms with Crippen molar-refractivity contribution >= 4 is 60.9 Å². The quantitative estimate of drug-likeness (QED) is 0.0120. The lowest BCUT2D eigenvalue weighted by Gasteiger charge is -2.39. The number of fused-ring (bicyclic) bond motifs is 1. The van der Waals surface area contributed by atoms with Crippen LogP contribution in [0.5, 0.6) is 11.5 Å². The van der Waals surface area contributed by atoms with Crippen LogP contribution in [-0.2, 0) is 68.8 Å². The number of amides is 4. The van der Waals surface area contributed by atoms with Crippen LogP contribution in [0.1, 0.15) is 100.0 Å². The van der Waals surface area contributed by atoms with Gasteiger partial charge in [0.25, 0.3) is 20.0 Å². The maximum Gasteiger partial charge on any atom is 0.471 e. The number of nitriles is 1. The molecule has 6 aromatic rings. The van der Waals surface area contributed by atoms with Crippen molar-refractivity contribution in [2.45, 2.75) is 110 Å². The number of nitrogens with zero attached hydrogens (tertiary/aromatic N) is 6. The Balaban J connectivity index is 0.927. The molecule has 3 atom stereocenters. The molecule has 0 fully saturated rings. The van der Waals surface area contributed by atoms with Gasteiger partial charge >= 0.3 is 18.1 Å². The number of rotatable bonds is 42. The number of aromatic nitrogens is 4. The number of halogens is 3. The SMILES string of the molecule is COC(=O)[C@@H](CCC(=O)NCCCOCCOCCOCCOC[C@@H](COC(c1ccccc1)(c1ccc(OC)cc1)c1ccc(OC)cc1)OP(OCCC#N)N(C(C)C)C(C)C)NC(=O)c1ccc(N(Cc2cnc3nc(NC(=O)C(C)C)[nH]c(=O)c3n2)C(=O)C(F)(F)F)cc1. The Morgan fingerprint density at radius 1 is 0.714 bits per heavy atom. The van der Waals surface area contributed by atoms with Crippen LogP contribution in [0.25, 0.3) is 11.2 Å². The van der Waals surface area contributed by atoms with Crippen LogP contribution in [0, 0.1) is 17.2 Å². The molecule has 0 aliphatic heterocycles. The van der Waals surface area contributed by atoms with E-state index in [9.17, 15) is 47.2 Å². The summed E-state index contributed by atoms with van der Waals surface area (Å²) in [5, 5.41) is 17.1. The Hall–Kier alpha value is -8.56. The number of methoxy groups -OCH3 is 3. The van der Waals surface area contributed by atoms with Gasteiger partial charge in [0.1, 0.15) is 29.2 Å². The third-order valence-electron chi connectivity index (χ3n) is 14.7. The van der Waals surface area contributed by atoms with Gasteiger partial charge in [-0.15, -0.1) is 0 Å². The van der Waals surface area contributed by atoms with Crippen LogP contribution in [0.15, 0.2) is 114 Å². The van der Waals surface area contributed by atoms with E-state index in [1.54, 1.807) is 28.1 Å². The van der Waals surface area contributed by atoms with Gasteiger partial charge in [-0.25, -0.2) is 19.4 Å². The molecule has 4 N–H and O–H groups in total. The number of carbonyl (C=O) groups excluding carboxylic acids is 5. The van der Waals surface area contributed by atoms with Gasteiger partial charge in [0.05, 0.1) is 112 Å². The van der Waals surface area contributed by atoms with Gasteiger partial charge in [0.15, 0.2) is 11.2 Å². The van der Waals surface area contributed by atoms with Crippen LogP contribution < -0.4 is 35.9 Å². The number of anilines is 2. The second kappa shape index (κ2) is 39.7. The minimum atomic E-state index is -5.36. The summed E-state index contributed by atoms with van der Waals surface area (Å²) in [6.45, 7) is 13.2. The number of carbonyl (C=O) groups is 5. The fourth-order valence-corrected chi connectivity index (χ4v) is 11.5. The molecule has 0 aliphatic carbocycles. The standard InChI is InChI=1S/C68H86F3N10O16P/c1-45(2)61(83)78-66-77-60-59(63(85)79-66)75-52(41-74-60)42-80(65(87)68(69,70)71)53-23-17-48(18-24-53)62(84)76-57(64(86)90-9)29-30-58(82)73-32-14-33-91-35-36-92-37-38-93-39-40-94-43-56(97-98(96-34-13-31-72)81(46(3)4)47(5)6)44-95-67(49-15-11-10-12-16-49,50-19-25-54(88-7)26-20-50)51-21-27-55(89-8)28-22-51/h10-12,15-28,41,45-47,56-57H,13-14,29-30,32-40,42-44H2,1-9H3,(H,73,82)(H,76,84)(H2,74,77,78,79,83,85)/t56-,57+,98?/m0/s1. The maximum absolute atomic E-state index is 13.9. The molecule has 2 aromatic heterocycles. The molecule has 30 heteroatoms. The molecule has 0 aliphatic rings. The van der Waals surface area contributed by atoms with Gasteiger partial charge in [-0.1, -0.05) is 68.4 Å². The Morgan fingerprint density at radius 3 is 1.85 bits per heavy atom. The Kier molecular flexibility index (Phi) is 31.8. The van der Waals surface area contributed by atoms with Crippen LogP contribution in [0.3, 0.4) is 0 Å². The van der Waals surface area contributed by atoms with E-state index in [4.69, 9.17) is 46.9 Å². The molecule has 4 amide bonds. The summed E-state index contributed by atoms with van der Waals surface area (Å²) in [7, 11) is 2.63. The average molecular weight is 1390 g/mol. The summed E-state index contributed by atoms with van der Waals surface area (Å²) in [4.78, 5) is 91.3. The first-order valence-corrected chi connectivity index (χ1v) is 32.9. The molecule has 98 heavy (non-hydrogen) atoms. The molecule has 1 unspecified atom stereocenters. The molecule has 4 aromatic carbocycles. The predicted octanol–water partition coefficient (Wildman–Crippen LogP) is 8.71. The van der Waals surface area contributed by atoms with Crippen molar-refractivity contribution in [1.82, 2.24) is 35.2 Å². The number of alkyl halides is 3. The van der Waals surface area contributed by atoms with Gasteiger partial charge in [-0.3, -0.25) is 39.2 Å². The monoisotopic (exact) mass is 1390 g/mol. The second-order valence-corrected chi connectivity index (χ2v) is 24.2. The first-order chi connectivity index (χ1) is 47.0. The number of aromatic amines is 1. The molecule has 6 rings (SSSR count). The Morgan fingerprint density at radius 2 is 1.30 bits per heavy atom. The smallest absolute Gasteiger partial charge is 0.471 e. The van der Waals surface area contributed by atoms with E-state index in [1.165, 1.54) is 0 Å². The van der Waals surface area contributed by atoms with E-state index in [0.717, 1.165) is 54.3 Å². The predicted molar refractivity (Wildman–Crippen MR) is 357 cm³/mol. The summed E-state index contributed by atoms with van der Waals surface area (Å²) < 4.78 is 104. The van der Waals surface area contributed by atoms with Gasteiger partial charge < -0.3 is 57.6 Å². The van der Waals surface area contributed by atoms with Gasteiger partial charge in [-0.2, -0.15) is 23.4 Å². The Bertz CT molecular complexity index is 3530. The zero-order valence-corrected chi connectivity index (χ0v) is 57.3. The first kappa shape index (κ1) is 78.4. The fraction of sp³-hybridized carbons (Fsp3) is 0.471. The number of hydrogen-bond acceptors (Lipinski definition) is 21. The molecule has 0 saturated heterocycles. The molecular weight excluding hydrogens is 1300 g/mol. The van der Waals surface area contributed by atoms with E-state index in [0.29, 0.717) is 29.4 Å². The lowest BCUT2D eigenvalue weighted by atomic mass is 9.80. The summed E-state index contributed by atoms with van der Waals surface area (Å²) in [6, 6.07) is 30.8. The van der Waals surface area contributed by atoms with Crippen LogP contribution in [0.2, 0.25) is 0 Å². The summed E-state index contributed by atoms with van der Waals surface area (Å²) in [6.07, 6.45) is -4.73. The topological polar surface area (TPSA) is 316 Å². The second-order valence-electron chi connectivity index (χ2n) is 22.8. The van der Waals surface area contributed by atoms with Gasteiger partial charge in [0, 0.05) is 48.8 Å². The normalized spacial score (nSPS) is 12.7. The summed E-state index contributed by atoms with van der Waals surface area (Å²) in [5.74, 6) is -4.16. The number of esters is 1. The highest BCUT2D eigenvalue weighted by Gasteiger charge is 2.44. The third kappa shape index (κ3) is 23.6. The van der Waals surface area contributed by atoms with Crippen molar-refractivity contribution in [3.05, 3.63) is 148 Å². The minimum Gasteiger partial charge on any atom is -0.497 e. The van der Waals surface area contributed by atoms with Crippen molar-refractivity contribution in [2.24, 2.45) is 5.92 Å². The molecule has 0 bridgehead atoms. The number of nitrogens with one attached hydrogen (secondary N) is 4. The highest BCUT2D eigenvalue weighted by molar-refractivity contribution is 7.44. The highest BCUT2D eigenvalue weighted by atomic mass is 31.2. The van der Waals surface area contributed by atoms with E-state index in [2.05, 4.69) is 74.3 Å². The largest absolute Gasteiger partial charge is 0.497 e. The van der Waals surface area contributed by atoms with Gasteiger partial charge in [0.2, 0.25) is 17.8 Å². The summed E-state index contributed by atoms with van der Waals surface area (Å²) in [5.41, 5.74) is -0.688. The highest BCUT2D eigenvalue weighted by Crippen LogP contribution is 2.48. The first-order valence-electron chi connectivity index (χ1n) is 31.8. The van der Waals surface area contributed by atoms with E-state index >= 15 is 0 Å². The summed E-state index contributed by atoms with van der Waals surface area (Å²) >= 11 is 0. The maximum atomic E-state index is 13.9. The van der Waals surface area contributed by atoms with Crippen molar-refractivity contribution < 1.29 is 84.1 Å². The number of benzene rings is 4. The number of H-pyrrole nitrogens is 1. The van der Waals surface area contributed by atoms with Crippen molar-refractivity contribution in [2.75, 3.05) is 104 Å². The third-order valence-corrected chi connectivity index (χ3v) is 16.9. The van der Waals surface area contributed by atoms with E-state index < -0.39 is 80.1 Å². The van der Waals surface area contributed by atoms with Crippen LogP contribution in [-0.4, -0.2) is 179 Å². The molecule has 0 saturated carbocycles. The van der Waals surface area contributed by atoms with E-state index in [-0.39, 0.29) is 131 Å². The van der Waals surface area contributed by atoms with Crippen molar-refractivity contribution in [1.29, 1.82) is 5.26 Å². The lowest BCUT2D eigenvalue weighted by Crippen LogP contribution is -2.42. The van der Waals surface area contributed by atoms with Gasteiger partial charge in [-0.05, 0) is 106 Å². The van der Waals surface area contributed by atoms with Crippen molar-refractivity contribution in [3.8, 4) is 17.6 Å². The molecule has 26 nitrogen and oxygen atoms in total. The zero-order chi connectivity index (χ0) is 71.2. The Labute approximate surface area is 568 Å². The van der Waals surface area contributed by atoms with Crippen molar-refractivity contribution in [3.63, 3.8) is 0 Å². The van der Waals surface area contributed by atoms with E-state index in [1.807, 2.05) is 78.9 Å². The van der Waals surface area contributed by atoms with Crippen LogP contribution >= 0.6 is 8.53 Å². The molecule has 0 spiro atoms. The molecule has 0 radical (unpaired) electrons. The average Bonchev–Trinajstić information content (AvgIpc) is 0.752. The number of ether oxygens (including phenoxy) is 8. The fourth-order valence-electron chi connectivity index (χ4n) is 9.83.